The zero-order valence-electron chi connectivity index (χ0n) is 6.80. The fourth-order valence-corrected chi connectivity index (χ4v) is 0.696. The lowest BCUT2D eigenvalue weighted by atomic mass is 10.2. The van der Waals surface area contributed by atoms with E-state index in [1.54, 1.807) is 0 Å². The van der Waals surface area contributed by atoms with E-state index >= 15 is 0 Å². The first kappa shape index (κ1) is 16.7. The number of rotatable bonds is 4. The van der Waals surface area contributed by atoms with E-state index in [-0.39, 0.29) is 9.41 Å². The maximum atomic E-state index is 8.06. The monoisotopic (exact) mass is 166 g/mol. The lowest BCUT2D eigenvalue weighted by Crippen LogP contribution is -1.73. The maximum Gasteiger partial charge on any atom is 0.107 e. The van der Waals surface area contributed by atoms with E-state index in [0.29, 0.717) is 0 Å². The topological polar surface area (TPSA) is 20.2 Å². The maximum absolute atomic E-state index is 8.06. The molecule has 0 bridgehead atoms. The molecule has 0 spiro atoms. The minimum absolute atomic E-state index is 0. The van der Waals surface area contributed by atoms with Crippen molar-refractivity contribution in [1.29, 1.82) is 0 Å². The van der Waals surface area contributed by atoms with Gasteiger partial charge in [-0.3, -0.25) is 9.41 Å². The molecule has 0 radical (unpaired) electrons. The molecule has 0 aromatic carbocycles. The fourth-order valence-electron chi connectivity index (χ4n) is 0.696. The van der Waals surface area contributed by atoms with Crippen LogP contribution in [0.5, 0.6) is 0 Å². The Morgan fingerprint density at radius 2 is 1.73 bits per heavy atom. The largest absolute Gasteiger partial charge is 0.462 e. The Morgan fingerprint density at radius 1 is 1.09 bits per heavy atom. The molecule has 1 N–H and O–H groups in total. The van der Waals surface area contributed by atoms with Gasteiger partial charge in [-0.05, 0) is 6.42 Å². The van der Waals surface area contributed by atoms with Crippen molar-refractivity contribution in [3.8, 4) is 12.0 Å². The van der Waals surface area contributed by atoms with Crippen molar-refractivity contribution in [3.05, 3.63) is 0 Å². The first-order valence-corrected chi connectivity index (χ1v) is 3.53. The predicted octanol–water partition coefficient (Wildman–Crippen LogP) is 2.60. The summed E-state index contributed by atoms with van der Waals surface area (Å²) in [7, 11) is 0. The summed E-state index contributed by atoms with van der Waals surface area (Å²) in [5, 5.41) is 8.06. The second kappa shape index (κ2) is 16.1. The molecule has 0 aliphatic heterocycles. The predicted molar refractivity (Wildman–Crippen MR) is 43.5 cm³/mol. The summed E-state index contributed by atoms with van der Waals surface area (Å²) in [5.74, 6) is 2.61. The van der Waals surface area contributed by atoms with Gasteiger partial charge in [-0.25, -0.2) is 0 Å². The van der Waals surface area contributed by atoms with Crippen molar-refractivity contribution in [2.24, 2.45) is 0 Å². The van der Waals surface area contributed by atoms with E-state index in [2.05, 4.69) is 12.8 Å². The van der Waals surface area contributed by atoms with Gasteiger partial charge in [0.2, 0.25) is 0 Å². The number of aliphatic hydroxyl groups is 1. The SMILES string of the molecule is CCCCCCC#CO.F.F. The molecule has 0 aliphatic carbocycles. The van der Waals surface area contributed by atoms with Crippen LogP contribution < -0.4 is 0 Å². The Hall–Kier alpha value is -0.780. The van der Waals surface area contributed by atoms with Crippen LogP contribution in [0.15, 0.2) is 0 Å². The Kier molecular flexibility index (Phi) is 24.4. The van der Waals surface area contributed by atoms with E-state index in [1.165, 1.54) is 19.3 Å². The third-order valence-corrected chi connectivity index (χ3v) is 1.23. The average Bonchev–Trinajstić information content (AvgIpc) is 1.89. The van der Waals surface area contributed by atoms with Crippen molar-refractivity contribution in [3.63, 3.8) is 0 Å². The summed E-state index contributed by atoms with van der Waals surface area (Å²) >= 11 is 0. The molecule has 0 heterocycles. The highest BCUT2D eigenvalue weighted by Crippen LogP contribution is 2.00. The van der Waals surface area contributed by atoms with Gasteiger partial charge < -0.3 is 5.11 Å². The number of aliphatic hydroxyl groups excluding tert-OH is 1. The van der Waals surface area contributed by atoms with Crippen LogP contribution in [0.25, 0.3) is 0 Å². The van der Waals surface area contributed by atoms with Gasteiger partial charge in [0, 0.05) is 6.42 Å². The Balaban J connectivity index is -0.000000320. The van der Waals surface area contributed by atoms with Crippen LogP contribution in [0.4, 0.5) is 9.41 Å². The molecule has 0 rings (SSSR count). The fraction of sp³-hybridized carbons (Fsp3) is 0.750. The molecule has 11 heavy (non-hydrogen) atoms. The summed E-state index contributed by atoms with van der Waals surface area (Å²) in [5.41, 5.74) is 0. The Labute approximate surface area is 66.5 Å². The van der Waals surface area contributed by atoms with Crippen molar-refractivity contribution in [2.45, 2.75) is 39.0 Å². The van der Waals surface area contributed by atoms with E-state index < -0.39 is 0 Å². The normalized spacial score (nSPS) is 6.64. The first-order valence-electron chi connectivity index (χ1n) is 3.53. The third kappa shape index (κ3) is 17.6. The molecule has 68 valence electrons. The Bertz CT molecular complexity index is 104. The van der Waals surface area contributed by atoms with Crippen LogP contribution >= 0.6 is 0 Å². The lowest BCUT2D eigenvalue weighted by Gasteiger charge is -1.90. The highest BCUT2D eigenvalue weighted by molar-refractivity contribution is 4.88. The molecule has 0 saturated heterocycles. The second-order valence-electron chi connectivity index (χ2n) is 2.10. The summed E-state index contributed by atoms with van der Waals surface area (Å²) in [4.78, 5) is 0. The van der Waals surface area contributed by atoms with Crippen LogP contribution in [-0.2, 0) is 0 Å². The summed E-state index contributed by atoms with van der Waals surface area (Å²) in [6.07, 6.45) is 7.65. The van der Waals surface area contributed by atoms with Gasteiger partial charge in [0.25, 0.3) is 0 Å². The van der Waals surface area contributed by atoms with Crippen LogP contribution in [-0.4, -0.2) is 5.11 Å². The van der Waals surface area contributed by atoms with Crippen molar-refractivity contribution in [1.82, 2.24) is 0 Å². The zero-order chi connectivity index (χ0) is 6.95. The number of unbranched alkanes of at least 4 members (excludes halogenated alkanes) is 4. The van der Waals surface area contributed by atoms with Gasteiger partial charge in [-0.15, -0.1) is 0 Å². The van der Waals surface area contributed by atoms with E-state index in [4.69, 9.17) is 5.11 Å². The second-order valence-corrected chi connectivity index (χ2v) is 2.10. The van der Waals surface area contributed by atoms with Crippen molar-refractivity contribution in [2.75, 3.05) is 0 Å². The minimum atomic E-state index is 0. The molecular formula is C8H16F2O. The van der Waals surface area contributed by atoms with Crippen LogP contribution in [0.3, 0.4) is 0 Å². The Morgan fingerprint density at radius 3 is 2.18 bits per heavy atom. The highest BCUT2D eigenvalue weighted by Gasteiger charge is 1.82. The molecule has 0 amide bonds. The number of halogens is 2. The van der Waals surface area contributed by atoms with Gasteiger partial charge in [0.1, 0.15) is 6.11 Å². The van der Waals surface area contributed by atoms with E-state index in [0.717, 1.165) is 12.8 Å². The molecular weight excluding hydrogens is 150 g/mol. The molecule has 0 unspecified atom stereocenters. The highest BCUT2D eigenvalue weighted by atomic mass is 19.0. The van der Waals surface area contributed by atoms with Crippen LogP contribution in [0.1, 0.15) is 39.0 Å². The lowest BCUT2D eigenvalue weighted by molar-refractivity contribution is 0.515. The standard InChI is InChI=1S/C8H14O.2FH/c1-2-3-4-5-6-7-8-9;;/h9H,2-6H2,1H3;2*1H. The summed E-state index contributed by atoms with van der Waals surface area (Å²) in [6, 6.07) is 0. The minimum Gasteiger partial charge on any atom is -0.462 e. The molecule has 3 heteroatoms. The van der Waals surface area contributed by atoms with Gasteiger partial charge in [-0.1, -0.05) is 32.1 Å². The number of hydrogen-bond acceptors (Lipinski definition) is 1. The molecule has 0 saturated carbocycles. The molecule has 0 aliphatic rings. The van der Waals surface area contributed by atoms with Gasteiger partial charge in [0.15, 0.2) is 0 Å². The molecule has 1 nitrogen and oxygen atoms in total. The average molecular weight is 166 g/mol. The molecule has 0 fully saturated rings. The molecule has 0 atom stereocenters. The summed E-state index contributed by atoms with van der Waals surface area (Å²) < 4.78 is 0. The third-order valence-electron chi connectivity index (χ3n) is 1.23. The van der Waals surface area contributed by atoms with Gasteiger partial charge >= 0.3 is 0 Å². The van der Waals surface area contributed by atoms with Crippen LogP contribution in [0, 0.1) is 12.0 Å². The number of hydrogen-bond donors (Lipinski definition) is 1. The van der Waals surface area contributed by atoms with E-state index in [9.17, 15) is 0 Å². The first-order chi connectivity index (χ1) is 4.41. The molecule has 0 aromatic rings. The molecule has 0 aromatic heterocycles. The van der Waals surface area contributed by atoms with Crippen LogP contribution in [0.2, 0.25) is 0 Å². The van der Waals surface area contributed by atoms with E-state index in [1.807, 2.05) is 6.11 Å². The van der Waals surface area contributed by atoms with Crippen molar-refractivity contribution >= 4 is 0 Å². The zero-order valence-corrected chi connectivity index (χ0v) is 6.80. The van der Waals surface area contributed by atoms with Gasteiger partial charge in [0.05, 0.1) is 0 Å². The summed E-state index contributed by atoms with van der Waals surface area (Å²) in [6.45, 7) is 2.18. The van der Waals surface area contributed by atoms with Crippen molar-refractivity contribution < 1.29 is 14.5 Å². The smallest absolute Gasteiger partial charge is 0.107 e. The quantitative estimate of drug-likeness (QED) is 0.502. The van der Waals surface area contributed by atoms with Gasteiger partial charge in [-0.2, -0.15) is 0 Å².